The Morgan fingerprint density at radius 2 is 1.89 bits per heavy atom. The van der Waals surface area contributed by atoms with Gasteiger partial charge in [-0.3, -0.25) is 0 Å². The summed E-state index contributed by atoms with van der Waals surface area (Å²) in [6.07, 6.45) is 0. The zero-order valence-corrected chi connectivity index (χ0v) is 11.4. The number of rotatable bonds is 3. The van der Waals surface area contributed by atoms with Crippen LogP contribution in [0, 0.1) is 18.6 Å². The molecule has 0 aliphatic carbocycles. The molecule has 94 valence electrons. The summed E-state index contributed by atoms with van der Waals surface area (Å²) < 4.78 is 27.9. The van der Waals surface area contributed by atoms with Gasteiger partial charge in [0.1, 0.15) is 11.6 Å². The van der Waals surface area contributed by atoms with Crippen LogP contribution in [0.4, 0.5) is 14.5 Å². The van der Waals surface area contributed by atoms with Gasteiger partial charge in [-0.1, -0.05) is 28.1 Å². The van der Waals surface area contributed by atoms with Gasteiger partial charge in [0, 0.05) is 16.6 Å². The molecule has 2 aromatic rings. The van der Waals surface area contributed by atoms with Crippen LogP contribution in [0.15, 0.2) is 40.9 Å². The van der Waals surface area contributed by atoms with E-state index in [9.17, 15) is 8.78 Å². The number of anilines is 1. The molecule has 0 aliphatic rings. The number of halogens is 3. The molecule has 1 N–H and O–H groups in total. The van der Waals surface area contributed by atoms with Crippen molar-refractivity contribution >= 4 is 21.6 Å². The summed E-state index contributed by atoms with van der Waals surface area (Å²) in [6, 6.07) is 9.53. The van der Waals surface area contributed by atoms with Gasteiger partial charge in [0.2, 0.25) is 0 Å². The summed E-state index contributed by atoms with van der Waals surface area (Å²) in [6.45, 7) is 2.05. The van der Waals surface area contributed by atoms with E-state index in [1.807, 2.05) is 13.0 Å². The maximum Gasteiger partial charge on any atom is 0.146 e. The van der Waals surface area contributed by atoms with Crippen LogP contribution in [-0.4, -0.2) is 0 Å². The Bertz CT molecular complexity index is 549. The lowest BCUT2D eigenvalue weighted by molar-refractivity contribution is 0.610. The molecule has 0 atom stereocenters. The van der Waals surface area contributed by atoms with E-state index in [4.69, 9.17) is 0 Å². The third-order valence-corrected chi connectivity index (χ3v) is 3.18. The fraction of sp³-hybridized carbons (Fsp3) is 0.143. The van der Waals surface area contributed by atoms with E-state index in [1.54, 1.807) is 18.2 Å². The van der Waals surface area contributed by atoms with Gasteiger partial charge in [-0.15, -0.1) is 0 Å². The summed E-state index contributed by atoms with van der Waals surface area (Å²) in [4.78, 5) is 0. The molecule has 0 saturated carbocycles. The topological polar surface area (TPSA) is 12.0 Å². The van der Waals surface area contributed by atoms with E-state index in [0.29, 0.717) is 11.3 Å². The van der Waals surface area contributed by atoms with E-state index >= 15 is 0 Å². The van der Waals surface area contributed by atoms with Gasteiger partial charge < -0.3 is 5.32 Å². The Kier molecular flexibility index (Phi) is 3.97. The highest BCUT2D eigenvalue weighted by molar-refractivity contribution is 9.10. The van der Waals surface area contributed by atoms with Gasteiger partial charge in [0.25, 0.3) is 0 Å². The summed E-state index contributed by atoms with van der Waals surface area (Å²) >= 11 is 3.28. The molecule has 0 fully saturated rings. The number of para-hydroxylation sites is 1. The molecule has 0 amide bonds. The van der Waals surface area contributed by atoms with Crippen molar-refractivity contribution in [3.8, 4) is 0 Å². The summed E-state index contributed by atoms with van der Waals surface area (Å²) in [5, 5.41) is 2.93. The van der Waals surface area contributed by atoms with Gasteiger partial charge in [-0.25, -0.2) is 8.78 Å². The second kappa shape index (κ2) is 5.48. The second-order valence-electron chi connectivity index (χ2n) is 4.02. The third-order valence-electron chi connectivity index (χ3n) is 2.69. The van der Waals surface area contributed by atoms with E-state index < -0.39 is 0 Å². The van der Waals surface area contributed by atoms with Gasteiger partial charge in [0.15, 0.2) is 0 Å². The number of hydrogen-bond donors (Lipinski definition) is 1. The van der Waals surface area contributed by atoms with Crippen molar-refractivity contribution in [3.05, 3.63) is 63.6 Å². The van der Waals surface area contributed by atoms with Gasteiger partial charge in [-0.05, 0) is 36.8 Å². The Hall–Kier alpha value is -1.42. The van der Waals surface area contributed by atoms with Gasteiger partial charge in [0.05, 0.1) is 5.69 Å². The third kappa shape index (κ3) is 2.88. The molecule has 0 aromatic heterocycles. The minimum absolute atomic E-state index is 0.243. The van der Waals surface area contributed by atoms with Crippen molar-refractivity contribution in [3.63, 3.8) is 0 Å². The SMILES string of the molecule is Cc1cccc(F)c1NCc1cc(Br)ccc1F. The number of benzene rings is 2. The molecular weight excluding hydrogens is 300 g/mol. The zero-order valence-electron chi connectivity index (χ0n) is 9.81. The molecule has 2 aromatic carbocycles. The molecule has 0 unspecified atom stereocenters. The van der Waals surface area contributed by atoms with Crippen molar-refractivity contribution < 1.29 is 8.78 Å². The first-order valence-corrected chi connectivity index (χ1v) is 6.30. The monoisotopic (exact) mass is 311 g/mol. The smallest absolute Gasteiger partial charge is 0.146 e. The minimum atomic E-state index is -0.328. The lowest BCUT2D eigenvalue weighted by Crippen LogP contribution is -2.05. The van der Waals surface area contributed by atoms with Crippen LogP contribution < -0.4 is 5.32 Å². The molecule has 2 rings (SSSR count). The molecule has 0 saturated heterocycles. The van der Waals surface area contributed by atoms with Crippen LogP contribution in [0.2, 0.25) is 0 Å². The summed E-state index contributed by atoms with van der Waals surface area (Å²) in [5.74, 6) is -0.634. The standard InChI is InChI=1S/C14H12BrF2N/c1-9-3-2-4-13(17)14(9)18-8-10-7-11(15)5-6-12(10)16/h2-7,18H,8H2,1H3. The number of nitrogens with one attached hydrogen (secondary N) is 1. The first-order chi connectivity index (χ1) is 8.58. The van der Waals surface area contributed by atoms with Crippen LogP contribution >= 0.6 is 15.9 Å². The molecule has 1 nitrogen and oxygen atoms in total. The summed E-state index contributed by atoms with van der Waals surface area (Å²) in [5.41, 5.74) is 1.70. The predicted octanol–water partition coefficient (Wildman–Crippen LogP) is 4.65. The average molecular weight is 312 g/mol. The Morgan fingerprint density at radius 3 is 2.61 bits per heavy atom. The molecule has 0 bridgehead atoms. The molecule has 0 aliphatic heterocycles. The normalized spacial score (nSPS) is 10.4. The van der Waals surface area contributed by atoms with Crippen LogP contribution in [0.1, 0.15) is 11.1 Å². The van der Waals surface area contributed by atoms with Crippen molar-refractivity contribution in [2.75, 3.05) is 5.32 Å². The minimum Gasteiger partial charge on any atom is -0.378 e. The Labute approximate surface area is 113 Å². The lowest BCUT2D eigenvalue weighted by atomic mass is 10.1. The highest BCUT2D eigenvalue weighted by Crippen LogP contribution is 2.21. The van der Waals surface area contributed by atoms with Crippen LogP contribution in [0.5, 0.6) is 0 Å². The van der Waals surface area contributed by atoms with Gasteiger partial charge >= 0.3 is 0 Å². The van der Waals surface area contributed by atoms with Gasteiger partial charge in [-0.2, -0.15) is 0 Å². The van der Waals surface area contributed by atoms with E-state index in [2.05, 4.69) is 21.2 Å². The second-order valence-corrected chi connectivity index (χ2v) is 4.94. The molecular formula is C14H12BrF2N. The van der Waals surface area contributed by atoms with Crippen LogP contribution in [-0.2, 0) is 6.54 Å². The largest absolute Gasteiger partial charge is 0.378 e. The maximum atomic E-state index is 13.6. The van der Waals surface area contributed by atoms with Crippen molar-refractivity contribution in [1.29, 1.82) is 0 Å². The van der Waals surface area contributed by atoms with E-state index in [1.165, 1.54) is 12.1 Å². The first-order valence-electron chi connectivity index (χ1n) is 5.51. The fourth-order valence-corrected chi connectivity index (χ4v) is 2.13. The predicted molar refractivity (Wildman–Crippen MR) is 72.6 cm³/mol. The van der Waals surface area contributed by atoms with Crippen LogP contribution in [0.25, 0.3) is 0 Å². The lowest BCUT2D eigenvalue weighted by Gasteiger charge is -2.11. The van der Waals surface area contributed by atoms with E-state index in [0.717, 1.165) is 10.0 Å². The highest BCUT2D eigenvalue weighted by atomic mass is 79.9. The zero-order chi connectivity index (χ0) is 13.1. The molecule has 18 heavy (non-hydrogen) atoms. The fourth-order valence-electron chi connectivity index (χ4n) is 1.72. The van der Waals surface area contributed by atoms with E-state index in [-0.39, 0.29) is 18.2 Å². The van der Waals surface area contributed by atoms with Crippen molar-refractivity contribution in [1.82, 2.24) is 0 Å². The highest BCUT2D eigenvalue weighted by Gasteiger charge is 2.07. The molecule has 0 heterocycles. The first kappa shape index (κ1) is 13.0. The van der Waals surface area contributed by atoms with Crippen molar-refractivity contribution in [2.45, 2.75) is 13.5 Å². The number of hydrogen-bond acceptors (Lipinski definition) is 1. The van der Waals surface area contributed by atoms with Crippen molar-refractivity contribution in [2.24, 2.45) is 0 Å². The number of aryl methyl sites for hydroxylation is 1. The Balaban J connectivity index is 2.19. The summed E-state index contributed by atoms with van der Waals surface area (Å²) in [7, 11) is 0. The Morgan fingerprint density at radius 1 is 1.11 bits per heavy atom. The maximum absolute atomic E-state index is 13.6. The van der Waals surface area contributed by atoms with Crippen LogP contribution in [0.3, 0.4) is 0 Å². The molecule has 4 heteroatoms. The quantitative estimate of drug-likeness (QED) is 0.870. The average Bonchev–Trinajstić information content (AvgIpc) is 2.33. The molecule has 0 spiro atoms. The molecule has 0 radical (unpaired) electrons.